The summed E-state index contributed by atoms with van der Waals surface area (Å²) in [4.78, 5) is 14.5. The number of hydrogen-bond donors (Lipinski definition) is 2. The number of anilines is 1. The van der Waals surface area contributed by atoms with Gasteiger partial charge in [0.15, 0.2) is 11.6 Å². The SMILES string of the molecule is CN(c1cnc(-c2cnc(-n3ccnc3)cc2O)nn1)[C@@H]1C[C@@]2(C)CCC[C@](C)(N2)[C@H]1F. The highest BCUT2D eigenvalue weighted by Crippen LogP contribution is 2.43. The summed E-state index contributed by atoms with van der Waals surface area (Å²) in [6.45, 7) is 4.15. The zero-order valence-electron chi connectivity index (χ0n) is 18.4. The molecule has 0 spiro atoms. The zero-order valence-corrected chi connectivity index (χ0v) is 18.4. The van der Waals surface area contributed by atoms with E-state index in [0.717, 1.165) is 19.3 Å². The highest BCUT2D eigenvalue weighted by atomic mass is 19.1. The van der Waals surface area contributed by atoms with Gasteiger partial charge >= 0.3 is 0 Å². The van der Waals surface area contributed by atoms with Gasteiger partial charge in [-0.15, -0.1) is 10.2 Å². The van der Waals surface area contributed by atoms with Crippen LogP contribution in [0.5, 0.6) is 5.75 Å². The molecule has 2 fully saturated rings. The van der Waals surface area contributed by atoms with Crippen LogP contribution in [-0.4, -0.2) is 65.2 Å². The van der Waals surface area contributed by atoms with Gasteiger partial charge in [-0.05, 0) is 39.5 Å². The summed E-state index contributed by atoms with van der Waals surface area (Å²) in [6, 6.07) is 1.20. The van der Waals surface area contributed by atoms with Gasteiger partial charge in [0.1, 0.15) is 24.1 Å². The Kier molecular flexibility index (Phi) is 4.85. The number of hydrogen-bond acceptors (Lipinski definition) is 8. The second-order valence-corrected chi connectivity index (χ2v) is 9.41. The largest absolute Gasteiger partial charge is 0.507 e. The Hall–Kier alpha value is -3.14. The number of aromatic hydroxyl groups is 1. The smallest absolute Gasteiger partial charge is 0.187 e. The van der Waals surface area contributed by atoms with Crippen molar-refractivity contribution in [2.45, 2.75) is 62.8 Å². The van der Waals surface area contributed by atoms with E-state index >= 15 is 4.39 Å². The molecule has 0 aromatic carbocycles. The Morgan fingerprint density at radius 2 is 2.06 bits per heavy atom. The molecule has 4 atom stereocenters. The fourth-order valence-corrected chi connectivity index (χ4v) is 5.21. The summed E-state index contributed by atoms with van der Waals surface area (Å²) in [5.41, 5.74) is -0.265. The van der Waals surface area contributed by atoms with E-state index in [1.54, 1.807) is 29.5 Å². The van der Waals surface area contributed by atoms with Crippen molar-refractivity contribution in [3.63, 3.8) is 0 Å². The third-order valence-electron chi connectivity index (χ3n) is 6.90. The van der Waals surface area contributed by atoms with Crippen LogP contribution in [0.3, 0.4) is 0 Å². The molecule has 0 radical (unpaired) electrons. The van der Waals surface area contributed by atoms with Crippen molar-refractivity contribution >= 4 is 5.82 Å². The first-order chi connectivity index (χ1) is 15.3. The molecular formula is C22H27FN8O. The van der Waals surface area contributed by atoms with Gasteiger partial charge in [-0.3, -0.25) is 4.57 Å². The number of nitrogens with one attached hydrogen (secondary N) is 1. The molecule has 0 aliphatic carbocycles. The van der Waals surface area contributed by atoms with Crippen LogP contribution >= 0.6 is 0 Å². The average molecular weight is 439 g/mol. The van der Waals surface area contributed by atoms with E-state index in [0.29, 0.717) is 23.6 Å². The quantitative estimate of drug-likeness (QED) is 0.641. The van der Waals surface area contributed by atoms with Gasteiger partial charge in [-0.1, -0.05) is 0 Å². The lowest BCUT2D eigenvalue weighted by Crippen LogP contribution is -2.72. The minimum Gasteiger partial charge on any atom is -0.507 e. The van der Waals surface area contributed by atoms with Gasteiger partial charge in [0.25, 0.3) is 0 Å². The standard InChI is InChI=1S/C22H27FN8O/c1-21-5-4-6-22(2,29-21)19(23)15(10-21)30(3)18-12-26-20(28-27-18)14-11-25-17(9-16(14)32)31-8-7-24-13-31/h7-9,11-13,15,19,29H,4-6,10H2,1-3H3,(H,25,32)/t15-,19+,21-,22+/m1/s1. The van der Waals surface area contributed by atoms with Crippen LogP contribution in [0.4, 0.5) is 10.2 Å². The van der Waals surface area contributed by atoms with Crippen molar-refractivity contribution in [2.24, 2.45) is 0 Å². The molecule has 5 heterocycles. The van der Waals surface area contributed by atoms with Crippen LogP contribution in [0.2, 0.25) is 0 Å². The molecule has 2 aliphatic heterocycles. The van der Waals surface area contributed by atoms with Gasteiger partial charge in [-0.2, -0.15) is 0 Å². The van der Waals surface area contributed by atoms with Crippen molar-refractivity contribution in [1.82, 2.24) is 35.0 Å². The molecular weight excluding hydrogens is 411 g/mol. The van der Waals surface area contributed by atoms with Crippen molar-refractivity contribution in [3.8, 4) is 23.0 Å². The van der Waals surface area contributed by atoms with Crippen LogP contribution in [0, 0.1) is 0 Å². The minimum atomic E-state index is -1.04. The fraction of sp³-hybridized carbons (Fsp3) is 0.500. The summed E-state index contributed by atoms with van der Waals surface area (Å²) in [5, 5.41) is 22.5. The number of piperidine rings is 2. The van der Waals surface area contributed by atoms with Crippen molar-refractivity contribution in [1.29, 1.82) is 0 Å². The molecule has 3 aromatic rings. The van der Waals surface area contributed by atoms with E-state index in [2.05, 4.69) is 37.4 Å². The lowest BCUT2D eigenvalue weighted by molar-refractivity contribution is 0.00193. The molecule has 32 heavy (non-hydrogen) atoms. The lowest BCUT2D eigenvalue weighted by atomic mass is 9.68. The summed E-state index contributed by atoms with van der Waals surface area (Å²) in [7, 11) is 1.84. The molecule has 2 bridgehead atoms. The molecule has 2 saturated heterocycles. The highest BCUT2D eigenvalue weighted by Gasteiger charge is 2.53. The molecule has 168 valence electrons. The summed E-state index contributed by atoms with van der Waals surface area (Å²) in [6.07, 6.45) is 10.6. The molecule has 0 unspecified atom stereocenters. The number of pyridine rings is 1. The second kappa shape index (κ2) is 7.47. The monoisotopic (exact) mass is 438 g/mol. The predicted octanol–water partition coefficient (Wildman–Crippen LogP) is 2.66. The van der Waals surface area contributed by atoms with Crippen LogP contribution < -0.4 is 10.2 Å². The number of halogens is 1. The second-order valence-electron chi connectivity index (χ2n) is 9.41. The maximum absolute atomic E-state index is 15.5. The molecule has 0 saturated carbocycles. The zero-order chi connectivity index (χ0) is 22.5. The third-order valence-corrected chi connectivity index (χ3v) is 6.90. The van der Waals surface area contributed by atoms with E-state index in [9.17, 15) is 5.11 Å². The van der Waals surface area contributed by atoms with E-state index < -0.39 is 11.7 Å². The van der Waals surface area contributed by atoms with Gasteiger partial charge in [-0.25, -0.2) is 19.3 Å². The highest BCUT2D eigenvalue weighted by molar-refractivity contribution is 5.63. The van der Waals surface area contributed by atoms with Crippen LogP contribution in [-0.2, 0) is 0 Å². The summed E-state index contributed by atoms with van der Waals surface area (Å²) < 4.78 is 17.2. The molecule has 3 aromatic heterocycles. The topological polar surface area (TPSA) is 105 Å². The predicted molar refractivity (Wildman–Crippen MR) is 117 cm³/mol. The van der Waals surface area contributed by atoms with Crippen LogP contribution in [0.1, 0.15) is 39.5 Å². The number of fused-ring (bicyclic) bond motifs is 2. The Morgan fingerprint density at radius 1 is 1.22 bits per heavy atom. The Balaban J connectivity index is 1.38. The molecule has 2 aliphatic rings. The number of nitrogens with zero attached hydrogens (tertiary/aromatic N) is 7. The first-order valence-corrected chi connectivity index (χ1v) is 10.8. The maximum atomic E-state index is 15.5. The lowest BCUT2D eigenvalue weighted by Gasteiger charge is -2.56. The first kappa shape index (κ1) is 20.7. The molecule has 5 rings (SSSR count). The number of rotatable bonds is 4. The average Bonchev–Trinajstić information content (AvgIpc) is 3.31. The van der Waals surface area contributed by atoms with E-state index in [-0.39, 0.29) is 23.2 Å². The summed E-state index contributed by atoms with van der Waals surface area (Å²) >= 11 is 0. The van der Waals surface area contributed by atoms with E-state index in [4.69, 9.17) is 0 Å². The molecule has 10 heteroatoms. The Labute approximate surface area is 185 Å². The molecule has 2 N–H and O–H groups in total. The molecule has 9 nitrogen and oxygen atoms in total. The van der Waals surface area contributed by atoms with Crippen molar-refractivity contribution < 1.29 is 9.50 Å². The third kappa shape index (κ3) is 3.48. The maximum Gasteiger partial charge on any atom is 0.187 e. The fourth-order valence-electron chi connectivity index (χ4n) is 5.21. The minimum absolute atomic E-state index is 0.0116. The summed E-state index contributed by atoms with van der Waals surface area (Å²) in [5.74, 6) is 1.27. The number of alkyl halides is 1. The van der Waals surface area contributed by atoms with Gasteiger partial charge in [0.2, 0.25) is 0 Å². The van der Waals surface area contributed by atoms with Crippen LogP contribution in [0.25, 0.3) is 17.2 Å². The van der Waals surface area contributed by atoms with E-state index in [1.165, 1.54) is 12.3 Å². The molecule has 0 amide bonds. The van der Waals surface area contributed by atoms with Crippen molar-refractivity contribution in [2.75, 3.05) is 11.9 Å². The number of aromatic nitrogens is 6. The Bertz CT molecular complexity index is 1110. The first-order valence-electron chi connectivity index (χ1n) is 10.8. The van der Waals surface area contributed by atoms with E-state index in [1.807, 2.05) is 18.9 Å². The van der Waals surface area contributed by atoms with Gasteiger partial charge in [0.05, 0.1) is 17.8 Å². The van der Waals surface area contributed by atoms with Gasteiger partial charge in [0, 0.05) is 42.8 Å². The normalized spacial score (nSPS) is 29.6. The number of imidazole rings is 1. The Morgan fingerprint density at radius 3 is 2.75 bits per heavy atom. The van der Waals surface area contributed by atoms with Gasteiger partial charge < -0.3 is 15.3 Å². The van der Waals surface area contributed by atoms with Crippen molar-refractivity contribution in [3.05, 3.63) is 37.2 Å². The van der Waals surface area contributed by atoms with Crippen LogP contribution in [0.15, 0.2) is 37.2 Å².